The maximum Gasteiger partial charge on any atom is 0.302 e. The van der Waals surface area contributed by atoms with Crippen LogP contribution in [0.4, 0.5) is 0 Å². The summed E-state index contributed by atoms with van der Waals surface area (Å²) in [7, 11) is 0. The Hall–Kier alpha value is -0.380. The fraction of sp³-hybridized carbons (Fsp3) is 0.933. The van der Waals surface area contributed by atoms with Crippen molar-refractivity contribution in [3.63, 3.8) is 0 Å². The summed E-state index contributed by atoms with van der Waals surface area (Å²) in [6.07, 6.45) is 10.2. The van der Waals surface area contributed by atoms with Gasteiger partial charge in [-0.15, -0.1) is 0 Å². The molecule has 0 bridgehead atoms. The highest BCUT2D eigenvalue weighted by atomic mass is 79.9. The Kier molecular flexibility index (Phi) is 7.71. The maximum atomic E-state index is 12.6. The van der Waals surface area contributed by atoms with Gasteiger partial charge in [0.15, 0.2) is 0 Å². The van der Waals surface area contributed by atoms with Crippen molar-refractivity contribution in [2.24, 2.45) is 58.2 Å². The summed E-state index contributed by atoms with van der Waals surface area (Å²) in [5.74, 6) is 5.37. The van der Waals surface area contributed by atoms with E-state index in [9.17, 15) is 9.59 Å². The van der Waals surface area contributed by atoms with Gasteiger partial charge in [0.1, 0.15) is 11.9 Å². The van der Waals surface area contributed by atoms with Crippen LogP contribution in [0.5, 0.6) is 0 Å². The number of hydrogen-bond acceptors (Lipinski definition) is 3. The minimum Gasteiger partial charge on any atom is -0.462 e. The van der Waals surface area contributed by atoms with Gasteiger partial charge in [0.05, 0.1) is 4.83 Å². The molecular weight excluding hydrogens is 488 g/mol. The van der Waals surface area contributed by atoms with Gasteiger partial charge < -0.3 is 4.74 Å². The molecule has 0 spiro atoms. The molecule has 0 heterocycles. The fourth-order valence-electron chi connectivity index (χ4n) is 9.51. The summed E-state index contributed by atoms with van der Waals surface area (Å²) in [4.78, 5) is 24.9. The van der Waals surface area contributed by atoms with Crippen LogP contribution in [0.3, 0.4) is 0 Å². The molecule has 0 aromatic carbocycles. The van der Waals surface area contributed by atoms with Gasteiger partial charge in [-0.1, -0.05) is 70.3 Å². The molecule has 11 unspecified atom stereocenters. The standard InChI is InChI=1S/C30H49BrO3/c1-17(2)18(3)8-9-19(4)23-12-13-24-22-11-10-21-14-26(33)25(31)15-29(21,6)28(22)27(34-20(5)32)16-30(23,24)7/h17-19,21-25,27-28H,8-16H2,1-7H3. The Morgan fingerprint density at radius 2 is 1.74 bits per heavy atom. The van der Waals surface area contributed by atoms with Gasteiger partial charge in [0.25, 0.3) is 0 Å². The summed E-state index contributed by atoms with van der Waals surface area (Å²) in [6.45, 7) is 16.2. The normalized spacial score (nSPS) is 45.8. The van der Waals surface area contributed by atoms with Gasteiger partial charge >= 0.3 is 5.97 Å². The average Bonchev–Trinajstić information content (AvgIpc) is 3.08. The van der Waals surface area contributed by atoms with Gasteiger partial charge in [0, 0.05) is 19.3 Å². The van der Waals surface area contributed by atoms with Crippen molar-refractivity contribution in [2.45, 2.75) is 117 Å². The first-order valence-corrected chi connectivity index (χ1v) is 15.1. The zero-order valence-corrected chi connectivity index (χ0v) is 24.3. The Morgan fingerprint density at radius 1 is 1.03 bits per heavy atom. The molecule has 0 radical (unpaired) electrons. The second-order valence-corrected chi connectivity index (χ2v) is 14.8. The first kappa shape index (κ1) is 26.7. The predicted octanol–water partition coefficient (Wildman–Crippen LogP) is 7.84. The summed E-state index contributed by atoms with van der Waals surface area (Å²) in [5.41, 5.74) is 0.325. The molecule has 4 aliphatic rings. The fourth-order valence-corrected chi connectivity index (χ4v) is 10.4. The predicted molar refractivity (Wildman–Crippen MR) is 142 cm³/mol. The number of esters is 1. The lowest BCUT2D eigenvalue weighted by Gasteiger charge is -2.62. The van der Waals surface area contributed by atoms with E-state index >= 15 is 0 Å². The second kappa shape index (κ2) is 9.82. The lowest BCUT2D eigenvalue weighted by atomic mass is 9.43. The summed E-state index contributed by atoms with van der Waals surface area (Å²) >= 11 is 3.72. The molecule has 4 fully saturated rings. The Labute approximate surface area is 217 Å². The molecule has 0 aromatic heterocycles. The molecule has 0 N–H and O–H groups in total. The number of carbonyl (C=O) groups is 2. The Bertz CT molecular complexity index is 779. The third-order valence-corrected chi connectivity index (χ3v) is 12.5. The molecule has 4 rings (SSSR count). The Balaban J connectivity index is 1.61. The van der Waals surface area contributed by atoms with Crippen LogP contribution < -0.4 is 0 Å². The van der Waals surface area contributed by atoms with Gasteiger partial charge in [-0.3, -0.25) is 9.59 Å². The first-order chi connectivity index (χ1) is 15.9. The van der Waals surface area contributed by atoms with Gasteiger partial charge in [-0.05, 0) is 90.8 Å². The Morgan fingerprint density at radius 3 is 2.38 bits per heavy atom. The van der Waals surface area contributed by atoms with E-state index in [1.807, 2.05) is 0 Å². The van der Waals surface area contributed by atoms with E-state index in [1.165, 1.54) is 32.1 Å². The summed E-state index contributed by atoms with van der Waals surface area (Å²) in [5, 5.41) is 0. The van der Waals surface area contributed by atoms with Crippen molar-refractivity contribution in [2.75, 3.05) is 0 Å². The number of ether oxygens (including phenoxy) is 1. The van der Waals surface area contributed by atoms with Crippen LogP contribution in [0.25, 0.3) is 0 Å². The third-order valence-electron chi connectivity index (χ3n) is 11.7. The van der Waals surface area contributed by atoms with Crippen LogP contribution in [-0.2, 0) is 14.3 Å². The number of carbonyl (C=O) groups excluding carboxylic acids is 2. The van der Waals surface area contributed by atoms with Crippen LogP contribution in [0, 0.1) is 58.2 Å². The molecule has 4 saturated carbocycles. The smallest absolute Gasteiger partial charge is 0.302 e. The van der Waals surface area contributed by atoms with E-state index in [4.69, 9.17) is 4.74 Å². The van der Waals surface area contributed by atoms with E-state index < -0.39 is 0 Å². The highest BCUT2D eigenvalue weighted by Gasteiger charge is 2.65. The lowest BCUT2D eigenvalue weighted by Crippen LogP contribution is -2.61. The molecule has 4 aliphatic carbocycles. The number of ketones is 1. The van der Waals surface area contributed by atoms with Gasteiger partial charge in [-0.2, -0.15) is 0 Å². The van der Waals surface area contributed by atoms with Crippen LogP contribution in [0.15, 0.2) is 0 Å². The topological polar surface area (TPSA) is 43.4 Å². The highest BCUT2D eigenvalue weighted by molar-refractivity contribution is 9.10. The monoisotopic (exact) mass is 536 g/mol. The largest absolute Gasteiger partial charge is 0.462 e. The van der Waals surface area contributed by atoms with E-state index in [1.54, 1.807) is 6.92 Å². The molecule has 0 saturated heterocycles. The van der Waals surface area contributed by atoms with Gasteiger partial charge in [0.2, 0.25) is 0 Å². The summed E-state index contributed by atoms with van der Waals surface area (Å²) in [6, 6.07) is 0. The molecule has 4 heteroatoms. The van der Waals surface area contributed by atoms with E-state index in [-0.39, 0.29) is 27.7 Å². The summed E-state index contributed by atoms with van der Waals surface area (Å²) < 4.78 is 6.23. The van der Waals surface area contributed by atoms with E-state index in [2.05, 4.69) is 57.5 Å². The minimum atomic E-state index is -0.132. The van der Waals surface area contributed by atoms with E-state index in [0.717, 1.165) is 48.9 Å². The first-order valence-electron chi connectivity index (χ1n) is 14.2. The molecule has 0 aliphatic heterocycles. The number of fused-ring (bicyclic) bond motifs is 5. The van der Waals surface area contributed by atoms with Crippen molar-refractivity contribution in [1.29, 1.82) is 0 Å². The van der Waals surface area contributed by atoms with E-state index in [0.29, 0.717) is 30.0 Å². The van der Waals surface area contributed by atoms with Gasteiger partial charge in [-0.25, -0.2) is 0 Å². The quantitative estimate of drug-likeness (QED) is 0.256. The number of halogens is 1. The number of alkyl halides is 1. The van der Waals surface area contributed by atoms with Crippen LogP contribution in [-0.4, -0.2) is 22.7 Å². The molecular formula is C30H49BrO3. The number of rotatable bonds is 6. The minimum absolute atomic E-state index is 0.00756. The zero-order valence-electron chi connectivity index (χ0n) is 22.7. The molecule has 0 aromatic rings. The van der Waals surface area contributed by atoms with Crippen LogP contribution in [0.2, 0.25) is 0 Å². The molecule has 194 valence electrons. The van der Waals surface area contributed by atoms with Crippen molar-refractivity contribution >= 4 is 27.7 Å². The van der Waals surface area contributed by atoms with Crippen LogP contribution >= 0.6 is 15.9 Å². The van der Waals surface area contributed by atoms with Crippen molar-refractivity contribution in [3.05, 3.63) is 0 Å². The number of hydrogen-bond donors (Lipinski definition) is 0. The van der Waals surface area contributed by atoms with Crippen molar-refractivity contribution in [3.8, 4) is 0 Å². The SMILES string of the molecule is CC(=O)OC1CC2(C)C(C(C)CCC(C)C(C)C)CCC2C2CCC3CC(=O)C(Br)CC3(C)C12. The van der Waals surface area contributed by atoms with Crippen LogP contribution in [0.1, 0.15) is 106 Å². The third kappa shape index (κ3) is 4.56. The highest BCUT2D eigenvalue weighted by Crippen LogP contribution is 2.69. The zero-order chi connectivity index (χ0) is 25.0. The van der Waals surface area contributed by atoms with Crippen molar-refractivity contribution in [1.82, 2.24) is 0 Å². The van der Waals surface area contributed by atoms with Crippen molar-refractivity contribution < 1.29 is 14.3 Å². The molecule has 34 heavy (non-hydrogen) atoms. The average molecular weight is 538 g/mol. The second-order valence-electron chi connectivity index (χ2n) is 13.7. The molecule has 0 amide bonds. The lowest BCUT2D eigenvalue weighted by molar-refractivity contribution is -0.194. The molecule has 3 nitrogen and oxygen atoms in total. The molecule has 11 atom stereocenters. The number of Topliss-reactive ketones (excluding diaryl/α,β-unsaturated/α-hetero) is 1. The maximum absolute atomic E-state index is 12.6.